The summed E-state index contributed by atoms with van der Waals surface area (Å²) in [5.41, 5.74) is 3.19. The summed E-state index contributed by atoms with van der Waals surface area (Å²) in [6, 6.07) is 12.2. The first kappa shape index (κ1) is 16.1. The predicted molar refractivity (Wildman–Crippen MR) is 90.1 cm³/mol. The van der Waals surface area contributed by atoms with E-state index in [1.165, 1.54) is 6.21 Å². The summed E-state index contributed by atoms with van der Waals surface area (Å²) in [6.45, 7) is 0.927. The van der Waals surface area contributed by atoms with Gasteiger partial charge in [0.2, 0.25) is 0 Å². The molecule has 1 amide bonds. The van der Waals surface area contributed by atoms with Crippen molar-refractivity contribution in [2.24, 2.45) is 5.10 Å². The van der Waals surface area contributed by atoms with Gasteiger partial charge in [-0.1, -0.05) is 11.6 Å². The highest BCUT2D eigenvalue weighted by atomic mass is 35.5. The Hall–Kier alpha value is -2.73. The van der Waals surface area contributed by atoms with Gasteiger partial charge in [0.15, 0.2) is 18.1 Å². The largest absolute Gasteiger partial charge is 0.486 e. The molecule has 0 saturated heterocycles. The summed E-state index contributed by atoms with van der Waals surface area (Å²) in [5, 5.41) is 4.50. The molecule has 1 N–H and O–H groups in total. The van der Waals surface area contributed by atoms with Crippen molar-refractivity contribution < 1.29 is 19.0 Å². The molecule has 1 aliphatic heterocycles. The molecular formula is C17H15ClN2O4. The van der Waals surface area contributed by atoms with E-state index >= 15 is 0 Å². The summed E-state index contributed by atoms with van der Waals surface area (Å²) in [4.78, 5) is 11.7. The van der Waals surface area contributed by atoms with Crippen molar-refractivity contribution in [3.8, 4) is 17.2 Å². The Kier molecular flexibility index (Phi) is 5.18. The maximum absolute atomic E-state index is 11.7. The quantitative estimate of drug-likeness (QED) is 0.667. The van der Waals surface area contributed by atoms with Crippen LogP contribution in [0.5, 0.6) is 17.2 Å². The first-order valence-corrected chi connectivity index (χ1v) is 7.68. The van der Waals surface area contributed by atoms with E-state index in [0.717, 1.165) is 5.56 Å². The van der Waals surface area contributed by atoms with Crippen LogP contribution in [0.3, 0.4) is 0 Å². The second kappa shape index (κ2) is 7.70. The van der Waals surface area contributed by atoms with Crippen molar-refractivity contribution in [1.29, 1.82) is 0 Å². The molecule has 0 fully saturated rings. The smallest absolute Gasteiger partial charge is 0.277 e. The van der Waals surface area contributed by atoms with Gasteiger partial charge in [-0.05, 0) is 48.0 Å². The van der Waals surface area contributed by atoms with Crippen molar-refractivity contribution in [3.63, 3.8) is 0 Å². The third kappa shape index (κ3) is 4.39. The van der Waals surface area contributed by atoms with Crippen molar-refractivity contribution in [2.45, 2.75) is 0 Å². The highest BCUT2D eigenvalue weighted by Crippen LogP contribution is 2.30. The van der Waals surface area contributed by atoms with Gasteiger partial charge < -0.3 is 14.2 Å². The molecule has 0 radical (unpaired) electrons. The number of hydrogen-bond acceptors (Lipinski definition) is 5. The fourth-order valence-electron chi connectivity index (χ4n) is 2.03. The van der Waals surface area contributed by atoms with E-state index in [-0.39, 0.29) is 12.5 Å². The molecule has 0 aliphatic carbocycles. The molecule has 6 nitrogen and oxygen atoms in total. The predicted octanol–water partition coefficient (Wildman–Crippen LogP) is 2.64. The minimum absolute atomic E-state index is 0.139. The highest BCUT2D eigenvalue weighted by Gasteiger charge is 2.10. The summed E-state index contributed by atoms with van der Waals surface area (Å²) in [7, 11) is 0. The number of amides is 1. The molecule has 7 heteroatoms. The van der Waals surface area contributed by atoms with Gasteiger partial charge in [-0.3, -0.25) is 4.79 Å². The second-order valence-electron chi connectivity index (χ2n) is 4.94. The van der Waals surface area contributed by atoms with E-state index in [9.17, 15) is 4.79 Å². The molecular weight excluding hydrogens is 332 g/mol. The molecule has 0 unspecified atom stereocenters. The van der Waals surface area contributed by atoms with E-state index in [4.69, 9.17) is 25.8 Å². The topological polar surface area (TPSA) is 69.2 Å². The van der Waals surface area contributed by atoms with Gasteiger partial charge in [0.05, 0.1) is 6.21 Å². The van der Waals surface area contributed by atoms with E-state index < -0.39 is 0 Å². The standard InChI is InChI=1S/C17H15ClN2O4/c18-13-2-4-14(5-3-13)24-11-17(21)20-19-10-12-1-6-15-16(9-12)23-8-7-22-15/h1-6,9-10H,7-8,11H2,(H,20,21)/b19-10+. The molecule has 24 heavy (non-hydrogen) atoms. The molecule has 0 aromatic heterocycles. The lowest BCUT2D eigenvalue weighted by Crippen LogP contribution is -2.24. The van der Waals surface area contributed by atoms with Crippen LogP contribution in [0.25, 0.3) is 0 Å². The highest BCUT2D eigenvalue weighted by molar-refractivity contribution is 6.30. The maximum atomic E-state index is 11.7. The fourth-order valence-corrected chi connectivity index (χ4v) is 2.16. The van der Waals surface area contributed by atoms with Gasteiger partial charge in [0.25, 0.3) is 5.91 Å². The van der Waals surface area contributed by atoms with Gasteiger partial charge in [0, 0.05) is 5.02 Å². The normalized spacial score (nSPS) is 12.9. The third-order valence-electron chi connectivity index (χ3n) is 3.15. The molecule has 3 rings (SSSR count). The minimum atomic E-state index is -0.362. The van der Waals surface area contributed by atoms with Gasteiger partial charge in [-0.15, -0.1) is 0 Å². The Bertz CT molecular complexity index is 747. The molecule has 0 bridgehead atoms. The maximum Gasteiger partial charge on any atom is 0.277 e. The number of hydrogen-bond donors (Lipinski definition) is 1. The molecule has 1 aliphatic rings. The zero-order valence-electron chi connectivity index (χ0n) is 12.7. The lowest BCUT2D eigenvalue weighted by Gasteiger charge is -2.18. The number of benzene rings is 2. The third-order valence-corrected chi connectivity index (χ3v) is 3.40. The van der Waals surface area contributed by atoms with Gasteiger partial charge in [0.1, 0.15) is 19.0 Å². The van der Waals surface area contributed by atoms with Crippen molar-refractivity contribution in [2.75, 3.05) is 19.8 Å². The number of hydrazone groups is 1. The summed E-state index contributed by atoms with van der Waals surface area (Å²) >= 11 is 5.77. The van der Waals surface area contributed by atoms with Crippen molar-refractivity contribution in [1.82, 2.24) is 5.43 Å². The van der Waals surface area contributed by atoms with Crippen molar-refractivity contribution in [3.05, 3.63) is 53.1 Å². The first-order chi connectivity index (χ1) is 11.7. The molecule has 124 valence electrons. The van der Waals surface area contributed by atoms with E-state index in [1.54, 1.807) is 36.4 Å². The Morgan fingerprint density at radius 2 is 1.92 bits per heavy atom. The molecule has 0 spiro atoms. The SMILES string of the molecule is O=C(COc1ccc(Cl)cc1)N/N=C/c1ccc2c(c1)OCCO2. The Morgan fingerprint density at radius 3 is 2.71 bits per heavy atom. The van der Waals surface area contributed by atoms with Crippen molar-refractivity contribution >= 4 is 23.7 Å². The lowest BCUT2D eigenvalue weighted by molar-refractivity contribution is -0.123. The van der Waals surface area contributed by atoms with E-state index in [0.29, 0.717) is 35.5 Å². The number of carbonyl (C=O) groups excluding carboxylic acids is 1. The van der Waals surface area contributed by atoms with E-state index in [1.807, 2.05) is 6.07 Å². The van der Waals surface area contributed by atoms with Gasteiger partial charge in [-0.2, -0.15) is 5.10 Å². The van der Waals surface area contributed by atoms with Crippen LogP contribution in [0, 0.1) is 0 Å². The number of nitrogens with zero attached hydrogens (tertiary/aromatic N) is 1. The summed E-state index contributed by atoms with van der Waals surface area (Å²) in [6.07, 6.45) is 1.53. The summed E-state index contributed by atoms with van der Waals surface area (Å²) in [5.74, 6) is 1.57. The van der Waals surface area contributed by atoms with Gasteiger partial charge >= 0.3 is 0 Å². The number of ether oxygens (including phenoxy) is 3. The zero-order valence-corrected chi connectivity index (χ0v) is 13.5. The monoisotopic (exact) mass is 346 g/mol. The molecule has 0 atom stereocenters. The fraction of sp³-hybridized carbons (Fsp3) is 0.176. The Balaban J connectivity index is 1.48. The van der Waals surface area contributed by atoms with E-state index in [2.05, 4.69) is 10.5 Å². The Morgan fingerprint density at radius 1 is 1.17 bits per heavy atom. The number of rotatable bonds is 5. The minimum Gasteiger partial charge on any atom is -0.486 e. The van der Waals surface area contributed by atoms with Crippen LogP contribution in [0.2, 0.25) is 5.02 Å². The lowest BCUT2D eigenvalue weighted by atomic mass is 10.2. The number of carbonyl (C=O) groups is 1. The molecule has 1 heterocycles. The first-order valence-electron chi connectivity index (χ1n) is 7.30. The molecule has 2 aromatic carbocycles. The van der Waals surface area contributed by atoms with Crippen LogP contribution < -0.4 is 19.6 Å². The van der Waals surface area contributed by atoms with Crippen LogP contribution in [-0.2, 0) is 4.79 Å². The Labute approximate surface area is 144 Å². The molecule has 2 aromatic rings. The number of halogens is 1. The second-order valence-corrected chi connectivity index (χ2v) is 5.38. The zero-order chi connectivity index (χ0) is 16.8. The van der Waals surface area contributed by atoms with Crippen LogP contribution in [-0.4, -0.2) is 31.9 Å². The summed E-state index contributed by atoms with van der Waals surface area (Å²) < 4.78 is 16.2. The molecule has 0 saturated carbocycles. The number of nitrogens with one attached hydrogen (secondary N) is 1. The van der Waals surface area contributed by atoms with Crippen LogP contribution in [0.1, 0.15) is 5.56 Å². The van der Waals surface area contributed by atoms with Crippen LogP contribution in [0.4, 0.5) is 0 Å². The number of fused-ring (bicyclic) bond motifs is 1. The van der Waals surface area contributed by atoms with Gasteiger partial charge in [-0.25, -0.2) is 5.43 Å². The van der Waals surface area contributed by atoms with Crippen LogP contribution in [0.15, 0.2) is 47.6 Å². The average molecular weight is 347 g/mol. The average Bonchev–Trinajstić information content (AvgIpc) is 2.61. The van der Waals surface area contributed by atoms with Crippen LogP contribution >= 0.6 is 11.6 Å².